The Bertz CT molecular complexity index is 308. The average molecular weight is 249 g/mol. The largest absolute Gasteiger partial charge is 0.394 e. The fraction of sp³-hybridized carbons (Fsp3) is 0.750. The predicted molar refractivity (Wildman–Crippen MR) is 52.5 cm³/mol. The zero-order valence-electron chi connectivity index (χ0n) is 8.15. The zero-order valence-corrected chi connectivity index (χ0v) is 8.96. The Hall–Kier alpha value is -0.670. The third-order valence-corrected chi connectivity index (χ3v) is 3.39. The van der Waals surface area contributed by atoms with Crippen LogP contribution in [-0.2, 0) is 9.53 Å². The quantitative estimate of drug-likeness (QED) is 0.525. The van der Waals surface area contributed by atoms with Crippen molar-refractivity contribution in [2.45, 2.75) is 24.5 Å². The molecule has 0 radical (unpaired) electrons. The van der Waals surface area contributed by atoms with Crippen LogP contribution in [0.3, 0.4) is 0 Å². The second-order valence-electron chi connectivity index (χ2n) is 3.55. The van der Waals surface area contributed by atoms with E-state index in [0.29, 0.717) is 0 Å². The molecule has 2 saturated heterocycles. The molecule has 2 aliphatic rings. The lowest BCUT2D eigenvalue weighted by molar-refractivity contribution is -0.140. The van der Waals surface area contributed by atoms with E-state index in [0.717, 1.165) is 16.7 Å². The Morgan fingerprint density at radius 2 is 2.06 bits per heavy atom. The van der Waals surface area contributed by atoms with Gasteiger partial charge in [0.15, 0.2) is 6.23 Å². The van der Waals surface area contributed by atoms with Crippen molar-refractivity contribution in [3.8, 4) is 0 Å². The highest BCUT2D eigenvalue weighted by Gasteiger charge is 2.50. The molecule has 4 atom stereocenters. The van der Waals surface area contributed by atoms with Gasteiger partial charge in [-0.3, -0.25) is 9.59 Å². The molecular weight excluding hydrogens is 238 g/mol. The first-order chi connectivity index (χ1) is 7.56. The standard InChI is InChI=1S/C8H11NO6S/c10-1-3-5(12)6(13)7(15-3)9-4(11)2-16-8(9)14/h3,5-7,10,12-13H,1-2H2/t3-,5-,6-,7-/m1/s1. The highest BCUT2D eigenvalue weighted by atomic mass is 32.2. The molecule has 0 aromatic rings. The number of carbonyl (C=O) groups is 2. The van der Waals surface area contributed by atoms with Crippen molar-refractivity contribution in [2.75, 3.05) is 12.4 Å². The zero-order chi connectivity index (χ0) is 11.9. The normalized spacial score (nSPS) is 39.8. The summed E-state index contributed by atoms with van der Waals surface area (Å²) in [7, 11) is 0. The first kappa shape index (κ1) is 11.8. The molecule has 3 N–H and O–H groups in total. The van der Waals surface area contributed by atoms with E-state index >= 15 is 0 Å². The number of imide groups is 1. The van der Waals surface area contributed by atoms with Crippen LogP contribution in [0.15, 0.2) is 0 Å². The molecule has 0 aromatic carbocycles. The first-order valence-corrected chi connectivity index (χ1v) is 5.66. The molecule has 90 valence electrons. The second kappa shape index (κ2) is 4.30. The van der Waals surface area contributed by atoms with Gasteiger partial charge in [0.1, 0.15) is 18.3 Å². The SMILES string of the molecule is O=C1CSC(=O)N1[C@@H]1O[C@H](CO)[C@@H](O)[C@H]1O. The van der Waals surface area contributed by atoms with Gasteiger partial charge in [0, 0.05) is 0 Å². The molecule has 2 fully saturated rings. The van der Waals surface area contributed by atoms with Crippen molar-refractivity contribution in [1.82, 2.24) is 4.90 Å². The molecule has 8 heteroatoms. The van der Waals surface area contributed by atoms with E-state index < -0.39 is 42.3 Å². The van der Waals surface area contributed by atoms with Gasteiger partial charge >= 0.3 is 0 Å². The molecule has 2 aliphatic heterocycles. The van der Waals surface area contributed by atoms with Gasteiger partial charge in [0.05, 0.1) is 12.4 Å². The summed E-state index contributed by atoms with van der Waals surface area (Å²) in [5, 5.41) is 27.4. The smallest absolute Gasteiger partial charge is 0.291 e. The van der Waals surface area contributed by atoms with Crippen LogP contribution in [0.1, 0.15) is 0 Å². The van der Waals surface area contributed by atoms with E-state index in [1.165, 1.54) is 0 Å². The van der Waals surface area contributed by atoms with Gasteiger partial charge in [-0.25, -0.2) is 4.90 Å². The summed E-state index contributed by atoms with van der Waals surface area (Å²) in [4.78, 5) is 23.5. The van der Waals surface area contributed by atoms with Crippen LogP contribution >= 0.6 is 11.8 Å². The van der Waals surface area contributed by atoms with Gasteiger partial charge in [0.25, 0.3) is 5.24 Å². The van der Waals surface area contributed by atoms with Crippen LogP contribution in [-0.4, -0.2) is 68.3 Å². The van der Waals surface area contributed by atoms with Gasteiger partial charge in [-0.15, -0.1) is 0 Å². The number of thioether (sulfide) groups is 1. The lowest BCUT2D eigenvalue weighted by atomic mass is 10.1. The number of carbonyl (C=O) groups excluding carboxylic acids is 2. The van der Waals surface area contributed by atoms with Gasteiger partial charge in [-0.05, 0) is 0 Å². The minimum Gasteiger partial charge on any atom is -0.394 e. The van der Waals surface area contributed by atoms with Crippen LogP contribution in [0.4, 0.5) is 4.79 Å². The Balaban J connectivity index is 2.16. The number of aliphatic hydroxyl groups is 3. The molecule has 7 nitrogen and oxygen atoms in total. The number of ether oxygens (including phenoxy) is 1. The minimum absolute atomic E-state index is 0.00526. The van der Waals surface area contributed by atoms with E-state index in [1.807, 2.05) is 0 Å². The average Bonchev–Trinajstić information content (AvgIpc) is 2.72. The summed E-state index contributed by atoms with van der Waals surface area (Å²) >= 11 is 0.815. The van der Waals surface area contributed by atoms with Crippen LogP contribution in [0, 0.1) is 0 Å². The summed E-state index contributed by atoms with van der Waals surface area (Å²) in [5.41, 5.74) is 0. The second-order valence-corrected chi connectivity index (χ2v) is 4.47. The van der Waals surface area contributed by atoms with Crippen molar-refractivity contribution < 1.29 is 29.6 Å². The number of aliphatic hydroxyl groups excluding tert-OH is 3. The van der Waals surface area contributed by atoms with Crippen LogP contribution in [0.25, 0.3) is 0 Å². The van der Waals surface area contributed by atoms with Crippen LogP contribution in [0.2, 0.25) is 0 Å². The Morgan fingerprint density at radius 3 is 2.50 bits per heavy atom. The minimum atomic E-state index is -1.39. The third kappa shape index (κ3) is 1.72. The van der Waals surface area contributed by atoms with E-state index in [4.69, 9.17) is 9.84 Å². The summed E-state index contributed by atoms with van der Waals surface area (Å²) in [6.45, 7) is -0.488. The maximum absolute atomic E-state index is 11.4. The van der Waals surface area contributed by atoms with Gasteiger partial charge < -0.3 is 20.1 Å². The van der Waals surface area contributed by atoms with Crippen LogP contribution < -0.4 is 0 Å². The number of amides is 2. The Kier molecular flexibility index (Phi) is 3.17. The lowest BCUT2D eigenvalue weighted by Gasteiger charge is -2.23. The van der Waals surface area contributed by atoms with E-state index in [-0.39, 0.29) is 5.75 Å². The summed E-state index contributed by atoms with van der Waals surface area (Å²) in [6.07, 6.45) is -4.88. The summed E-state index contributed by atoms with van der Waals surface area (Å²) < 4.78 is 5.08. The monoisotopic (exact) mass is 249 g/mol. The fourth-order valence-electron chi connectivity index (χ4n) is 1.70. The van der Waals surface area contributed by atoms with Crippen LogP contribution in [0.5, 0.6) is 0 Å². The molecular formula is C8H11NO6S. The third-order valence-electron chi connectivity index (χ3n) is 2.56. The van der Waals surface area contributed by atoms with Crippen molar-refractivity contribution in [1.29, 1.82) is 0 Å². The highest BCUT2D eigenvalue weighted by Crippen LogP contribution is 2.30. The molecule has 0 saturated carbocycles. The number of hydrogen-bond donors (Lipinski definition) is 3. The molecule has 0 spiro atoms. The summed E-state index contributed by atoms with van der Waals surface area (Å²) in [6, 6.07) is 0. The van der Waals surface area contributed by atoms with Crippen molar-refractivity contribution >= 4 is 22.9 Å². The highest BCUT2D eigenvalue weighted by molar-refractivity contribution is 8.14. The van der Waals surface area contributed by atoms with Gasteiger partial charge in [-0.1, -0.05) is 11.8 Å². The van der Waals surface area contributed by atoms with Crippen molar-refractivity contribution in [3.05, 3.63) is 0 Å². The summed E-state index contributed by atoms with van der Waals surface area (Å²) in [5.74, 6) is -0.462. The van der Waals surface area contributed by atoms with E-state index in [2.05, 4.69) is 0 Å². The molecule has 2 rings (SSSR count). The van der Waals surface area contributed by atoms with Crippen molar-refractivity contribution in [2.24, 2.45) is 0 Å². The molecule has 16 heavy (non-hydrogen) atoms. The predicted octanol–water partition coefficient (Wildman–Crippen LogP) is -1.88. The van der Waals surface area contributed by atoms with E-state index in [1.54, 1.807) is 0 Å². The molecule has 0 unspecified atom stereocenters. The Morgan fingerprint density at radius 1 is 1.38 bits per heavy atom. The molecule has 0 aliphatic carbocycles. The molecule has 2 heterocycles. The molecule has 2 amide bonds. The maximum Gasteiger partial charge on any atom is 0.291 e. The molecule has 0 bridgehead atoms. The number of hydrogen-bond acceptors (Lipinski definition) is 7. The number of nitrogens with zero attached hydrogens (tertiary/aromatic N) is 1. The van der Waals surface area contributed by atoms with Gasteiger partial charge in [-0.2, -0.15) is 0 Å². The lowest BCUT2D eigenvalue weighted by Crippen LogP contribution is -2.46. The maximum atomic E-state index is 11.4. The number of rotatable bonds is 2. The molecule has 0 aromatic heterocycles. The fourth-order valence-corrected chi connectivity index (χ4v) is 2.43. The Labute approximate surface area is 95.0 Å². The van der Waals surface area contributed by atoms with Crippen molar-refractivity contribution in [3.63, 3.8) is 0 Å². The van der Waals surface area contributed by atoms with E-state index in [9.17, 15) is 19.8 Å². The van der Waals surface area contributed by atoms with Gasteiger partial charge in [0.2, 0.25) is 5.91 Å². The first-order valence-electron chi connectivity index (χ1n) is 4.67. The topological polar surface area (TPSA) is 107 Å².